The van der Waals surface area contributed by atoms with Gasteiger partial charge >= 0.3 is 0 Å². The third-order valence-corrected chi connectivity index (χ3v) is 3.44. The highest BCUT2D eigenvalue weighted by Gasteiger charge is 2.42. The summed E-state index contributed by atoms with van der Waals surface area (Å²) in [6.45, 7) is 1.75. The van der Waals surface area contributed by atoms with Crippen LogP contribution < -0.4 is 0 Å². The first-order valence-electron chi connectivity index (χ1n) is 6.41. The average molecular weight is 268 g/mol. The van der Waals surface area contributed by atoms with Gasteiger partial charge in [0.15, 0.2) is 6.29 Å². The summed E-state index contributed by atoms with van der Waals surface area (Å²) in [4.78, 5) is 0. The monoisotopic (exact) mass is 268 g/mol. The minimum atomic E-state index is -1.09. The topological polar surface area (TPSA) is 79.2 Å². The molecule has 0 spiro atoms. The molecule has 1 aromatic rings. The summed E-state index contributed by atoms with van der Waals surface area (Å²) < 4.78 is 11.1. The highest BCUT2D eigenvalue weighted by atomic mass is 16.7. The molecule has 1 saturated heterocycles. The number of hydrogen-bond donors (Lipinski definition) is 3. The Labute approximate surface area is 112 Å². The van der Waals surface area contributed by atoms with Gasteiger partial charge in [-0.25, -0.2) is 0 Å². The molecule has 1 heterocycles. The van der Waals surface area contributed by atoms with Gasteiger partial charge in [0.05, 0.1) is 19.3 Å². The van der Waals surface area contributed by atoms with Crippen LogP contribution in [0.5, 0.6) is 0 Å². The van der Waals surface area contributed by atoms with Gasteiger partial charge in [-0.3, -0.25) is 0 Å². The van der Waals surface area contributed by atoms with Crippen LogP contribution in [0.15, 0.2) is 30.3 Å². The van der Waals surface area contributed by atoms with Crippen molar-refractivity contribution in [3.8, 4) is 0 Å². The summed E-state index contributed by atoms with van der Waals surface area (Å²) >= 11 is 0. The maximum absolute atomic E-state index is 9.89. The summed E-state index contributed by atoms with van der Waals surface area (Å²) in [6, 6.07) is 9.62. The largest absolute Gasteiger partial charge is 0.394 e. The van der Waals surface area contributed by atoms with E-state index in [0.29, 0.717) is 6.61 Å². The van der Waals surface area contributed by atoms with Crippen LogP contribution in [-0.4, -0.2) is 46.5 Å². The summed E-state index contributed by atoms with van der Waals surface area (Å²) in [5.41, 5.74) is 1.000. The Morgan fingerprint density at radius 1 is 1.16 bits per heavy atom. The smallest absolute Gasteiger partial charge is 0.163 e. The van der Waals surface area contributed by atoms with E-state index in [1.807, 2.05) is 30.3 Å². The molecule has 1 aliphatic heterocycles. The number of rotatable bonds is 4. The van der Waals surface area contributed by atoms with Crippen molar-refractivity contribution < 1.29 is 24.8 Å². The Kier molecular flexibility index (Phi) is 4.90. The summed E-state index contributed by atoms with van der Waals surface area (Å²) in [5, 5.41) is 28.7. The van der Waals surface area contributed by atoms with E-state index >= 15 is 0 Å². The first kappa shape index (κ1) is 14.4. The van der Waals surface area contributed by atoms with Gasteiger partial charge < -0.3 is 24.8 Å². The van der Waals surface area contributed by atoms with Crippen LogP contribution in [0.3, 0.4) is 0 Å². The molecule has 5 heteroatoms. The second-order valence-electron chi connectivity index (χ2n) is 4.86. The highest BCUT2D eigenvalue weighted by Crippen LogP contribution is 2.27. The van der Waals surface area contributed by atoms with Gasteiger partial charge in [-0.1, -0.05) is 37.3 Å². The van der Waals surface area contributed by atoms with Crippen LogP contribution in [0, 0.1) is 5.92 Å². The molecule has 106 valence electrons. The zero-order valence-electron chi connectivity index (χ0n) is 10.8. The van der Waals surface area contributed by atoms with Crippen LogP contribution in [0.2, 0.25) is 0 Å². The third-order valence-electron chi connectivity index (χ3n) is 3.44. The molecule has 2 rings (SSSR count). The van der Waals surface area contributed by atoms with E-state index in [9.17, 15) is 10.2 Å². The lowest BCUT2D eigenvalue weighted by atomic mass is 9.92. The molecule has 1 aliphatic rings. The molecular formula is C14H20O5. The van der Waals surface area contributed by atoms with Gasteiger partial charge in [0.1, 0.15) is 12.2 Å². The van der Waals surface area contributed by atoms with Crippen LogP contribution in [0.1, 0.15) is 12.5 Å². The van der Waals surface area contributed by atoms with Gasteiger partial charge in [0.2, 0.25) is 0 Å². The minimum Gasteiger partial charge on any atom is -0.394 e. The van der Waals surface area contributed by atoms with Gasteiger partial charge in [-0.2, -0.15) is 0 Å². The fourth-order valence-electron chi connectivity index (χ4n) is 2.16. The molecule has 1 fully saturated rings. The molecule has 5 atom stereocenters. The van der Waals surface area contributed by atoms with Crippen molar-refractivity contribution in [3.05, 3.63) is 35.9 Å². The fraction of sp³-hybridized carbons (Fsp3) is 0.571. The average Bonchev–Trinajstić information content (AvgIpc) is 2.45. The Balaban J connectivity index is 1.95. The SMILES string of the molecule is C[C@H]1C(OCc2ccccc2)OC(CO)C(O)[C@@H]1O. The molecule has 0 amide bonds. The molecule has 1 aromatic carbocycles. The van der Waals surface area contributed by atoms with Crippen LogP contribution >= 0.6 is 0 Å². The maximum Gasteiger partial charge on any atom is 0.163 e. The molecule has 0 saturated carbocycles. The molecule has 3 N–H and O–H groups in total. The number of hydrogen-bond acceptors (Lipinski definition) is 5. The van der Waals surface area contributed by atoms with Crippen molar-refractivity contribution >= 4 is 0 Å². The summed E-state index contributed by atoms with van der Waals surface area (Å²) in [7, 11) is 0. The van der Waals surface area contributed by atoms with Crippen molar-refractivity contribution in [2.24, 2.45) is 5.92 Å². The van der Waals surface area contributed by atoms with E-state index in [4.69, 9.17) is 14.6 Å². The standard InChI is InChI=1S/C14H20O5/c1-9-12(16)13(17)11(7-15)19-14(9)18-8-10-5-3-2-4-6-10/h2-6,9,11-17H,7-8H2,1H3/t9-,11?,12-,13?,14?/m1/s1. The van der Waals surface area contributed by atoms with Crippen molar-refractivity contribution in [3.63, 3.8) is 0 Å². The molecule has 19 heavy (non-hydrogen) atoms. The van der Waals surface area contributed by atoms with E-state index in [-0.39, 0.29) is 12.5 Å². The normalized spacial score (nSPS) is 35.3. The lowest BCUT2D eigenvalue weighted by molar-refractivity contribution is -0.285. The van der Waals surface area contributed by atoms with Crippen LogP contribution in [-0.2, 0) is 16.1 Å². The predicted molar refractivity (Wildman–Crippen MR) is 68.2 cm³/mol. The van der Waals surface area contributed by atoms with E-state index in [0.717, 1.165) is 5.56 Å². The Morgan fingerprint density at radius 2 is 1.84 bits per heavy atom. The number of aliphatic hydroxyl groups is 3. The molecule has 0 aromatic heterocycles. The fourth-order valence-corrected chi connectivity index (χ4v) is 2.16. The summed E-state index contributed by atoms with van der Waals surface area (Å²) in [6.07, 6.45) is -3.51. The number of aliphatic hydroxyl groups excluding tert-OH is 3. The maximum atomic E-state index is 9.89. The Bertz CT molecular complexity index is 381. The van der Waals surface area contributed by atoms with Gasteiger partial charge in [-0.15, -0.1) is 0 Å². The van der Waals surface area contributed by atoms with E-state index in [2.05, 4.69) is 0 Å². The lowest BCUT2D eigenvalue weighted by Gasteiger charge is -2.40. The van der Waals surface area contributed by atoms with Gasteiger partial charge in [0, 0.05) is 5.92 Å². The van der Waals surface area contributed by atoms with Crippen molar-refractivity contribution in [1.29, 1.82) is 0 Å². The quantitative estimate of drug-likeness (QED) is 0.731. The second kappa shape index (κ2) is 6.45. The summed E-state index contributed by atoms with van der Waals surface area (Å²) in [5.74, 6) is -0.360. The van der Waals surface area contributed by atoms with Crippen molar-refractivity contribution in [1.82, 2.24) is 0 Å². The zero-order chi connectivity index (χ0) is 13.8. The molecule has 0 bridgehead atoms. The van der Waals surface area contributed by atoms with E-state index < -0.39 is 24.6 Å². The van der Waals surface area contributed by atoms with Crippen LogP contribution in [0.4, 0.5) is 0 Å². The predicted octanol–water partition coefficient (Wildman–Crippen LogP) is 0.278. The third kappa shape index (κ3) is 3.32. The van der Waals surface area contributed by atoms with E-state index in [1.165, 1.54) is 0 Å². The van der Waals surface area contributed by atoms with Crippen LogP contribution in [0.25, 0.3) is 0 Å². The zero-order valence-corrected chi connectivity index (χ0v) is 10.8. The second-order valence-corrected chi connectivity index (χ2v) is 4.86. The van der Waals surface area contributed by atoms with Gasteiger partial charge in [-0.05, 0) is 5.56 Å². The Hall–Kier alpha value is -0.980. The molecular weight excluding hydrogens is 248 g/mol. The molecule has 0 radical (unpaired) electrons. The molecule has 0 aliphatic carbocycles. The lowest BCUT2D eigenvalue weighted by Crippen LogP contribution is -2.55. The number of ether oxygens (including phenoxy) is 2. The molecule has 3 unspecified atom stereocenters. The first-order valence-corrected chi connectivity index (χ1v) is 6.41. The molecule has 5 nitrogen and oxygen atoms in total. The van der Waals surface area contributed by atoms with Crippen molar-refractivity contribution in [2.75, 3.05) is 6.61 Å². The number of benzene rings is 1. The highest BCUT2D eigenvalue weighted by molar-refractivity contribution is 5.13. The van der Waals surface area contributed by atoms with Crippen molar-refractivity contribution in [2.45, 2.75) is 38.1 Å². The Morgan fingerprint density at radius 3 is 2.47 bits per heavy atom. The van der Waals surface area contributed by atoms with Gasteiger partial charge in [0.25, 0.3) is 0 Å². The van der Waals surface area contributed by atoms with E-state index in [1.54, 1.807) is 6.92 Å². The first-order chi connectivity index (χ1) is 9.13. The minimum absolute atomic E-state index is 0.351.